The molecule has 0 N–H and O–H groups in total. The third-order valence-corrected chi connectivity index (χ3v) is 7.69. The van der Waals surface area contributed by atoms with Gasteiger partial charge in [-0.2, -0.15) is 0 Å². The van der Waals surface area contributed by atoms with Gasteiger partial charge in [0.05, 0.1) is 6.61 Å². The molecule has 0 rings (SSSR count). The molecule has 0 saturated carbocycles. The van der Waals surface area contributed by atoms with Crippen LogP contribution in [0.4, 0.5) is 4.79 Å². The molecular weight excluding hydrogens is 512 g/mol. The molecule has 7 nitrogen and oxygen atoms in total. The van der Waals surface area contributed by atoms with Gasteiger partial charge in [0.2, 0.25) is 0 Å². The van der Waals surface area contributed by atoms with Crippen LogP contribution in [-0.4, -0.2) is 79.2 Å². The molecule has 1 atom stereocenters. The lowest BCUT2D eigenvalue weighted by molar-refractivity contribution is -0.151. The van der Waals surface area contributed by atoms with E-state index in [1.807, 2.05) is 14.1 Å². The molecule has 39 heavy (non-hydrogen) atoms. The molecule has 0 fully saturated rings. The summed E-state index contributed by atoms with van der Waals surface area (Å²) in [6, 6.07) is 0. The Morgan fingerprint density at radius 3 is 1.74 bits per heavy atom. The zero-order chi connectivity index (χ0) is 29.1. The van der Waals surface area contributed by atoms with Crippen molar-refractivity contribution in [3.05, 3.63) is 0 Å². The summed E-state index contributed by atoms with van der Waals surface area (Å²) in [7, 11) is 3.99. The Balaban J connectivity index is 4.98. The molecule has 1 amide bonds. The van der Waals surface area contributed by atoms with E-state index in [2.05, 4.69) is 25.7 Å². The SMILES string of the molecule is CCCCCCCOC(=O)CN(CC(=O)OC(CCCCCC)CCCCCCC)C(=O)SCCCN(C)C. The van der Waals surface area contributed by atoms with Crippen molar-refractivity contribution in [2.75, 3.05) is 46.1 Å². The van der Waals surface area contributed by atoms with Gasteiger partial charge >= 0.3 is 11.9 Å². The summed E-state index contributed by atoms with van der Waals surface area (Å²) in [5.41, 5.74) is 0. The van der Waals surface area contributed by atoms with Crippen LogP contribution in [0.15, 0.2) is 0 Å². The zero-order valence-electron chi connectivity index (χ0n) is 26.0. The number of carbonyl (C=O) groups is 3. The van der Waals surface area contributed by atoms with Crippen LogP contribution in [0.5, 0.6) is 0 Å². The summed E-state index contributed by atoms with van der Waals surface area (Å²) in [6.45, 7) is 7.34. The fraction of sp³-hybridized carbons (Fsp3) is 0.903. The number of esters is 2. The second kappa shape index (κ2) is 26.9. The molecule has 0 aliphatic heterocycles. The first-order chi connectivity index (χ1) is 18.8. The number of nitrogens with zero attached hydrogens (tertiary/aromatic N) is 2. The minimum absolute atomic E-state index is 0.129. The van der Waals surface area contributed by atoms with Gasteiger partial charge in [-0.3, -0.25) is 14.4 Å². The molecule has 0 aliphatic rings. The van der Waals surface area contributed by atoms with E-state index in [-0.39, 0.29) is 24.4 Å². The molecule has 0 saturated heterocycles. The van der Waals surface area contributed by atoms with Crippen molar-refractivity contribution in [3.63, 3.8) is 0 Å². The van der Waals surface area contributed by atoms with Gasteiger partial charge in [0.1, 0.15) is 19.2 Å². The monoisotopic (exact) mass is 572 g/mol. The number of carbonyl (C=O) groups excluding carboxylic acids is 3. The van der Waals surface area contributed by atoms with Crippen molar-refractivity contribution in [1.29, 1.82) is 0 Å². The summed E-state index contributed by atoms with van der Waals surface area (Å²) in [5.74, 6) is -0.265. The van der Waals surface area contributed by atoms with Gasteiger partial charge in [-0.1, -0.05) is 103 Å². The number of amides is 1. The fourth-order valence-corrected chi connectivity index (χ4v) is 5.08. The van der Waals surface area contributed by atoms with E-state index in [1.165, 1.54) is 43.4 Å². The van der Waals surface area contributed by atoms with Crippen LogP contribution in [0.3, 0.4) is 0 Å². The minimum Gasteiger partial charge on any atom is -0.464 e. The van der Waals surface area contributed by atoms with Gasteiger partial charge in [0.15, 0.2) is 0 Å². The van der Waals surface area contributed by atoms with Crippen molar-refractivity contribution in [1.82, 2.24) is 9.80 Å². The summed E-state index contributed by atoms with van der Waals surface area (Å²) in [5, 5.41) is -0.273. The molecule has 0 heterocycles. The predicted octanol–water partition coefficient (Wildman–Crippen LogP) is 7.85. The van der Waals surface area contributed by atoms with E-state index in [0.29, 0.717) is 12.4 Å². The Kier molecular flexibility index (Phi) is 26.0. The van der Waals surface area contributed by atoms with Crippen LogP contribution in [0.2, 0.25) is 0 Å². The van der Waals surface area contributed by atoms with Crippen LogP contribution in [0.1, 0.15) is 130 Å². The summed E-state index contributed by atoms with van der Waals surface area (Å²) >= 11 is 1.15. The van der Waals surface area contributed by atoms with Gasteiger partial charge in [0.25, 0.3) is 5.24 Å². The standard InChI is InChI=1S/C31H60N2O5S/c1-6-9-12-15-18-22-28(21-17-14-11-8-3)38-30(35)27-33(31(36)39-25-20-23-32(4)5)26-29(34)37-24-19-16-13-10-7-2/h28H,6-27H2,1-5H3. The van der Waals surface area contributed by atoms with E-state index in [0.717, 1.165) is 88.9 Å². The van der Waals surface area contributed by atoms with Gasteiger partial charge < -0.3 is 19.3 Å². The fourth-order valence-electron chi connectivity index (χ4n) is 4.33. The van der Waals surface area contributed by atoms with Crippen LogP contribution in [-0.2, 0) is 19.1 Å². The van der Waals surface area contributed by atoms with Gasteiger partial charge in [-0.25, -0.2) is 0 Å². The number of hydrogen-bond acceptors (Lipinski definition) is 7. The van der Waals surface area contributed by atoms with Crippen molar-refractivity contribution in [3.8, 4) is 0 Å². The van der Waals surface area contributed by atoms with E-state index < -0.39 is 11.9 Å². The lowest BCUT2D eigenvalue weighted by Gasteiger charge is -2.23. The lowest BCUT2D eigenvalue weighted by atomic mass is 10.0. The van der Waals surface area contributed by atoms with Crippen LogP contribution in [0.25, 0.3) is 0 Å². The first-order valence-electron chi connectivity index (χ1n) is 15.7. The van der Waals surface area contributed by atoms with Crippen LogP contribution < -0.4 is 0 Å². The Morgan fingerprint density at radius 1 is 0.667 bits per heavy atom. The van der Waals surface area contributed by atoms with Crippen LogP contribution in [0, 0.1) is 0 Å². The van der Waals surface area contributed by atoms with E-state index in [1.54, 1.807) is 0 Å². The van der Waals surface area contributed by atoms with Crippen molar-refractivity contribution in [2.24, 2.45) is 0 Å². The maximum Gasteiger partial charge on any atom is 0.325 e. The zero-order valence-corrected chi connectivity index (χ0v) is 26.8. The largest absolute Gasteiger partial charge is 0.464 e. The molecule has 0 aliphatic carbocycles. The number of unbranched alkanes of at least 4 members (excludes halogenated alkanes) is 11. The first-order valence-corrected chi connectivity index (χ1v) is 16.7. The molecule has 0 spiro atoms. The second-order valence-electron chi connectivity index (χ2n) is 10.9. The summed E-state index contributed by atoms with van der Waals surface area (Å²) < 4.78 is 11.3. The van der Waals surface area contributed by atoms with Crippen molar-refractivity contribution >= 4 is 28.9 Å². The average Bonchev–Trinajstić information content (AvgIpc) is 2.90. The van der Waals surface area contributed by atoms with Crippen molar-refractivity contribution < 1.29 is 23.9 Å². The van der Waals surface area contributed by atoms with E-state index >= 15 is 0 Å². The Morgan fingerprint density at radius 2 is 1.18 bits per heavy atom. The van der Waals surface area contributed by atoms with Crippen LogP contribution >= 0.6 is 11.8 Å². The number of ether oxygens (including phenoxy) is 2. The molecule has 0 aromatic rings. The topological polar surface area (TPSA) is 76.1 Å². The van der Waals surface area contributed by atoms with Gasteiger partial charge in [-0.15, -0.1) is 0 Å². The molecule has 0 radical (unpaired) electrons. The third-order valence-electron chi connectivity index (χ3n) is 6.69. The molecule has 8 heteroatoms. The highest BCUT2D eigenvalue weighted by Gasteiger charge is 2.24. The highest BCUT2D eigenvalue weighted by atomic mass is 32.2. The number of rotatable bonds is 26. The first kappa shape index (κ1) is 37.7. The maximum absolute atomic E-state index is 13.0. The average molecular weight is 573 g/mol. The molecule has 0 aromatic carbocycles. The van der Waals surface area contributed by atoms with Crippen molar-refractivity contribution in [2.45, 2.75) is 136 Å². The predicted molar refractivity (Wildman–Crippen MR) is 164 cm³/mol. The van der Waals surface area contributed by atoms with E-state index in [4.69, 9.17) is 9.47 Å². The molecular formula is C31H60N2O5S. The number of hydrogen-bond donors (Lipinski definition) is 0. The maximum atomic E-state index is 13.0. The molecule has 0 aromatic heterocycles. The second-order valence-corrected chi connectivity index (χ2v) is 12.0. The highest BCUT2D eigenvalue weighted by Crippen LogP contribution is 2.17. The molecule has 0 bridgehead atoms. The van der Waals surface area contributed by atoms with E-state index in [9.17, 15) is 14.4 Å². The minimum atomic E-state index is -0.465. The molecule has 1 unspecified atom stereocenters. The summed E-state index contributed by atoms with van der Waals surface area (Å²) in [4.78, 5) is 41.8. The molecule has 230 valence electrons. The third kappa shape index (κ3) is 24.3. The summed E-state index contributed by atoms with van der Waals surface area (Å²) in [6.07, 6.45) is 18.1. The number of thioether (sulfide) groups is 1. The highest BCUT2D eigenvalue weighted by molar-refractivity contribution is 8.13. The van der Waals surface area contributed by atoms with Gasteiger partial charge in [-0.05, 0) is 59.2 Å². The quantitative estimate of drug-likeness (QED) is 0.0771. The Hall–Kier alpha value is -1.28. The Bertz CT molecular complexity index is 618. The van der Waals surface area contributed by atoms with Gasteiger partial charge in [0, 0.05) is 5.75 Å². The smallest absolute Gasteiger partial charge is 0.325 e. The Labute approximate surface area is 244 Å². The normalized spacial score (nSPS) is 11.9. The lowest BCUT2D eigenvalue weighted by Crippen LogP contribution is -2.39.